The number of ketones is 1. The molecule has 2 heterocycles. The van der Waals surface area contributed by atoms with Gasteiger partial charge in [-0.05, 0) is 17.7 Å². The van der Waals surface area contributed by atoms with Gasteiger partial charge in [-0.25, -0.2) is 0 Å². The minimum absolute atomic E-state index is 0.128. The molecule has 0 bridgehead atoms. The van der Waals surface area contributed by atoms with Gasteiger partial charge in [-0.3, -0.25) is 9.78 Å². The van der Waals surface area contributed by atoms with Crippen molar-refractivity contribution in [3.63, 3.8) is 0 Å². The highest BCUT2D eigenvalue weighted by atomic mass is 16.5. The summed E-state index contributed by atoms with van der Waals surface area (Å²) >= 11 is 0. The summed E-state index contributed by atoms with van der Waals surface area (Å²) in [6, 6.07) is 6.00. The lowest BCUT2D eigenvalue weighted by molar-refractivity contribution is 0.0845. The maximum atomic E-state index is 12.1. The van der Waals surface area contributed by atoms with E-state index < -0.39 is 6.10 Å². The molecule has 3 rings (SSSR count). The fraction of sp³-hybridized carbons (Fsp3) is 0.143. The molecule has 19 heavy (non-hydrogen) atoms. The zero-order valence-electron chi connectivity index (χ0n) is 9.91. The molecule has 1 atom stereocenters. The minimum Gasteiger partial charge on any atom is -0.508 e. The van der Waals surface area contributed by atoms with Crippen LogP contribution >= 0.6 is 0 Å². The molecule has 2 aromatic rings. The van der Waals surface area contributed by atoms with E-state index in [1.54, 1.807) is 24.5 Å². The molecule has 1 aromatic carbocycles. The molecule has 96 valence electrons. The van der Waals surface area contributed by atoms with E-state index in [0.29, 0.717) is 0 Å². The lowest BCUT2D eigenvalue weighted by Gasteiger charge is -2.25. The number of nitrogens with zero attached hydrogens (tertiary/aromatic N) is 1. The molecule has 5 heteroatoms. The molecule has 5 nitrogen and oxygen atoms in total. The first-order chi connectivity index (χ1) is 9.15. The molecule has 2 N–H and O–H groups in total. The average Bonchev–Trinajstić information content (AvgIpc) is 2.38. The molecule has 0 radical (unpaired) electrons. The van der Waals surface area contributed by atoms with E-state index in [-0.39, 0.29) is 35.0 Å². The Morgan fingerprint density at radius 1 is 1.21 bits per heavy atom. The number of hydrogen-bond donors (Lipinski definition) is 2. The molecule has 0 amide bonds. The highest BCUT2D eigenvalue weighted by molar-refractivity contribution is 6.02. The third-order valence-corrected chi connectivity index (χ3v) is 3.06. The summed E-state index contributed by atoms with van der Waals surface area (Å²) in [5.41, 5.74) is 0.958. The van der Waals surface area contributed by atoms with Crippen LogP contribution in [0.25, 0.3) is 0 Å². The summed E-state index contributed by atoms with van der Waals surface area (Å²) in [4.78, 5) is 16.0. The number of phenolic OH excluding ortho intramolecular Hbond substituents is 2. The van der Waals surface area contributed by atoms with Gasteiger partial charge in [-0.2, -0.15) is 0 Å². The van der Waals surface area contributed by atoms with Gasteiger partial charge in [0.15, 0.2) is 5.78 Å². The van der Waals surface area contributed by atoms with Gasteiger partial charge in [-0.15, -0.1) is 0 Å². The predicted molar refractivity (Wildman–Crippen MR) is 66.3 cm³/mol. The number of hydrogen-bond acceptors (Lipinski definition) is 5. The van der Waals surface area contributed by atoms with Crippen molar-refractivity contribution in [3.05, 3.63) is 47.8 Å². The third kappa shape index (κ3) is 1.99. The third-order valence-electron chi connectivity index (χ3n) is 3.06. The van der Waals surface area contributed by atoms with Crippen molar-refractivity contribution in [2.24, 2.45) is 0 Å². The highest BCUT2D eigenvalue weighted by Crippen LogP contribution is 2.41. The molecule has 1 aromatic heterocycles. The van der Waals surface area contributed by atoms with Crippen molar-refractivity contribution >= 4 is 5.78 Å². The Balaban J connectivity index is 2.03. The first kappa shape index (κ1) is 11.5. The number of rotatable bonds is 1. The van der Waals surface area contributed by atoms with Crippen molar-refractivity contribution in [1.82, 2.24) is 4.98 Å². The van der Waals surface area contributed by atoms with Crippen molar-refractivity contribution in [2.45, 2.75) is 12.5 Å². The van der Waals surface area contributed by atoms with Gasteiger partial charge in [0, 0.05) is 24.5 Å². The van der Waals surface area contributed by atoms with E-state index in [9.17, 15) is 15.0 Å². The normalized spacial score (nSPS) is 17.7. The molecular weight excluding hydrogens is 246 g/mol. The van der Waals surface area contributed by atoms with Crippen LogP contribution in [0.15, 0.2) is 36.7 Å². The molecule has 0 fully saturated rings. The van der Waals surface area contributed by atoms with E-state index in [1.807, 2.05) is 0 Å². The van der Waals surface area contributed by atoms with Crippen LogP contribution in [0, 0.1) is 0 Å². The Morgan fingerprint density at radius 3 is 2.68 bits per heavy atom. The summed E-state index contributed by atoms with van der Waals surface area (Å²) in [5.74, 6) is -0.399. The number of fused-ring (bicyclic) bond motifs is 1. The van der Waals surface area contributed by atoms with Crippen LogP contribution in [-0.2, 0) is 0 Å². The second-order valence-corrected chi connectivity index (χ2v) is 4.35. The van der Waals surface area contributed by atoms with Crippen LogP contribution in [0.4, 0.5) is 0 Å². The zero-order chi connectivity index (χ0) is 13.4. The van der Waals surface area contributed by atoms with E-state index in [1.165, 1.54) is 6.07 Å². The van der Waals surface area contributed by atoms with Crippen LogP contribution in [0.3, 0.4) is 0 Å². The molecule has 0 aliphatic carbocycles. The number of aromatic hydroxyl groups is 2. The Morgan fingerprint density at radius 2 is 1.95 bits per heavy atom. The number of carbonyl (C=O) groups excluding carboxylic acids is 1. The molecule has 1 aliphatic rings. The summed E-state index contributed by atoms with van der Waals surface area (Å²) in [6.45, 7) is 0. The fourth-order valence-electron chi connectivity index (χ4n) is 2.19. The second kappa shape index (κ2) is 4.28. The number of Topliss-reactive ketones (excluding diaryl/α,β-unsaturated/α-hetero) is 1. The smallest absolute Gasteiger partial charge is 0.174 e. The van der Waals surface area contributed by atoms with E-state index in [0.717, 1.165) is 11.6 Å². The van der Waals surface area contributed by atoms with Gasteiger partial charge in [0.05, 0.1) is 6.42 Å². The van der Waals surface area contributed by atoms with Crippen LogP contribution in [-0.4, -0.2) is 21.0 Å². The Kier molecular flexibility index (Phi) is 2.59. The van der Waals surface area contributed by atoms with Crippen molar-refractivity contribution in [1.29, 1.82) is 0 Å². The highest BCUT2D eigenvalue weighted by Gasteiger charge is 2.30. The largest absolute Gasteiger partial charge is 0.508 e. The summed E-state index contributed by atoms with van der Waals surface area (Å²) in [5, 5.41) is 19.1. The van der Waals surface area contributed by atoms with Gasteiger partial charge in [0.2, 0.25) is 0 Å². The maximum Gasteiger partial charge on any atom is 0.174 e. The summed E-state index contributed by atoms with van der Waals surface area (Å²) in [7, 11) is 0. The lowest BCUT2D eigenvalue weighted by atomic mass is 9.96. The first-order valence-corrected chi connectivity index (χ1v) is 5.81. The maximum absolute atomic E-state index is 12.1. The van der Waals surface area contributed by atoms with Gasteiger partial charge < -0.3 is 14.9 Å². The Hall–Kier alpha value is -2.56. The van der Waals surface area contributed by atoms with Crippen molar-refractivity contribution < 1.29 is 19.7 Å². The van der Waals surface area contributed by atoms with Gasteiger partial charge in [-0.1, -0.05) is 0 Å². The van der Waals surface area contributed by atoms with Crippen LogP contribution in [0.1, 0.15) is 28.4 Å². The van der Waals surface area contributed by atoms with Gasteiger partial charge >= 0.3 is 0 Å². The average molecular weight is 257 g/mol. The zero-order valence-corrected chi connectivity index (χ0v) is 9.91. The number of benzene rings is 1. The van der Waals surface area contributed by atoms with Crippen molar-refractivity contribution in [2.75, 3.05) is 0 Å². The standard InChI is InChI=1S/C14H11NO4/c16-9-5-10(17)14-11(18)7-12(19-13(14)6-9)8-1-3-15-4-2-8/h1-6,12,16-17H,7H2. The van der Waals surface area contributed by atoms with E-state index >= 15 is 0 Å². The quantitative estimate of drug-likeness (QED) is 0.818. The number of carbonyl (C=O) groups is 1. The summed E-state index contributed by atoms with van der Waals surface area (Å²) in [6.07, 6.45) is 2.97. The lowest BCUT2D eigenvalue weighted by Crippen LogP contribution is -2.20. The second-order valence-electron chi connectivity index (χ2n) is 4.35. The SMILES string of the molecule is O=C1CC(c2ccncc2)Oc2cc(O)cc(O)c21. The van der Waals surface area contributed by atoms with Gasteiger partial charge in [0.1, 0.15) is 28.9 Å². The molecule has 0 saturated carbocycles. The Labute approximate surface area is 109 Å². The van der Waals surface area contributed by atoms with E-state index in [2.05, 4.69) is 4.98 Å². The number of pyridine rings is 1. The molecule has 0 saturated heterocycles. The monoisotopic (exact) mass is 257 g/mol. The van der Waals surface area contributed by atoms with E-state index in [4.69, 9.17) is 4.74 Å². The molecule has 0 spiro atoms. The predicted octanol–water partition coefficient (Wildman–Crippen LogP) is 2.20. The van der Waals surface area contributed by atoms with Gasteiger partial charge in [0.25, 0.3) is 0 Å². The molecule has 1 unspecified atom stereocenters. The van der Waals surface area contributed by atoms with Crippen molar-refractivity contribution in [3.8, 4) is 17.2 Å². The van der Waals surface area contributed by atoms with Crippen LogP contribution in [0.5, 0.6) is 17.2 Å². The topological polar surface area (TPSA) is 79.7 Å². The summed E-state index contributed by atoms with van der Waals surface area (Å²) < 4.78 is 5.68. The number of phenols is 2. The minimum atomic E-state index is -0.427. The molecular formula is C14H11NO4. The first-order valence-electron chi connectivity index (χ1n) is 5.81. The Bertz CT molecular complexity index is 639. The van der Waals surface area contributed by atoms with Crippen LogP contribution < -0.4 is 4.74 Å². The fourth-order valence-corrected chi connectivity index (χ4v) is 2.19. The van der Waals surface area contributed by atoms with Crippen LogP contribution in [0.2, 0.25) is 0 Å². The molecule has 1 aliphatic heterocycles. The number of ether oxygens (including phenoxy) is 1. The number of aromatic nitrogens is 1.